The lowest BCUT2D eigenvalue weighted by atomic mass is 9.58. The van der Waals surface area contributed by atoms with Crippen LogP contribution in [0.4, 0.5) is 0 Å². The van der Waals surface area contributed by atoms with Crippen LogP contribution in [0.1, 0.15) is 24.0 Å². The van der Waals surface area contributed by atoms with Gasteiger partial charge in [0.2, 0.25) is 0 Å². The molecule has 92 valence electrons. The highest BCUT2D eigenvalue weighted by molar-refractivity contribution is 5.84. The molecule has 2 rings (SSSR count). The number of carbonyl (C=O) groups is 1. The van der Waals surface area contributed by atoms with Gasteiger partial charge in [0.15, 0.2) is 0 Å². The molecule has 0 spiro atoms. The van der Waals surface area contributed by atoms with Crippen LogP contribution in [0.5, 0.6) is 0 Å². The molecule has 17 heavy (non-hydrogen) atoms. The third-order valence-corrected chi connectivity index (χ3v) is 3.79. The lowest BCUT2D eigenvalue weighted by molar-refractivity contribution is -0.153. The summed E-state index contributed by atoms with van der Waals surface area (Å²) in [6.45, 7) is 2.68. The SMILES string of the molecule is COC(=O)C1(c2ccc(C)cc2)CC(CN)C1. The van der Waals surface area contributed by atoms with Crippen molar-refractivity contribution in [1.29, 1.82) is 0 Å². The van der Waals surface area contributed by atoms with Gasteiger partial charge in [-0.05, 0) is 37.8 Å². The second kappa shape index (κ2) is 4.49. The van der Waals surface area contributed by atoms with Gasteiger partial charge >= 0.3 is 5.97 Å². The minimum atomic E-state index is -0.452. The van der Waals surface area contributed by atoms with Crippen LogP contribution in [-0.2, 0) is 14.9 Å². The standard InChI is InChI=1S/C14H19NO2/c1-10-3-5-12(6-4-10)14(13(16)17-2)7-11(8-14)9-15/h3-6,11H,7-9,15H2,1-2H3. The highest BCUT2D eigenvalue weighted by Gasteiger charge is 2.51. The monoisotopic (exact) mass is 233 g/mol. The zero-order valence-corrected chi connectivity index (χ0v) is 10.4. The van der Waals surface area contributed by atoms with Crippen molar-refractivity contribution in [2.45, 2.75) is 25.2 Å². The number of nitrogens with two attached hydrogens (primary N) is 1. The summed E-state index contributed by atoms with van der Waals surface area (Å²) < 4.78 is 4.96. The van der Waals surface area contributed by atoms with Crippen LogP contribution in [0.2, 0.25) is 0 Å². The minimum Gasteiger partial charge on any atom is -0.468 e. The van der Waals surface area contributed by atoms with Crippen LogP contribution in [-0.4, -0.2) is 19.6 Å². The van der Waals surface area contributed by atoms with E-state index in [0.717, 1.165) is 18.4 Å². The Kier molecular flexibility index (Phi) is 3.20. The van der Waals surface area contributed by atoms with E-state index in [1.165, 1.54) is 12.7 Å². The van der Waals surface area contributed by atoms with Gasteiger partial charge in [-0.15, -0.1) is 0 Å². The Labute approximate surface area is 102 Å². The highest BCUT2D eigenvalue weighted by atomic mass is 16.5. The first-order chi connectivity index (χ1) is 8.12. The average Bonchev–Trinajstić information content (AvgIpc) is 2.30. The van der Waals surface area contributed by atoms with Crippen molar-refractivity contribution in [1.82, 2.24) is 0 Å². The molecule has 0 atom stereocenters. The fraction of sp³-hybridized carbons (Fsp3) is 0.500. The second-order valence-electron chi connectivity index (χ2n) is 4.95. The smallest absolute Gasteiger partial charge is 0.316 e. The highest BCUT2D eigenvalue weighted by Crippen LogP contribution is 2.48. The van der Waals surface area contributed by atoms with E-state index in [-0.39, 0.29) is 5.97 Å². The van der Waals surface area contributed by atoms with Gasteiger partial charge in [0, 0.05) is 0 Å². The van der Waals surface area contributed by atoms with E-state index in [1.54, 1.807) is 0 Å². The van der Waals surface area contributed by atoms with Crippen molar-refractivity contribution in [3.8, 4) is 0 Å². The molecule has 1 aromatic rings. The lowest BCUT2D eigenvalue weighted by Crippen LogP contribution is -2.50. The first kappa shape index (κ1) is 12.1. The maximum absolute atomic E-state index is 12.0. The number of hydrogen-bond acceptors (Lipinski definition) is 3. The van der Waals surface area contributed by atoms with Gasteiger partial charge in [-0.2, -0.15) is 0 Å². The summed E-state index contributed by atoms with van der Waals surface area (Å²) >= 11 is 0. The van der Waals surface area contributed by atoms with Gasteiger partial charge in [-0.25, -0.2) is 0 Å². The van der Waals surface area contributed by atoms with Crippen LogP contribution >= 0.6 is 0 Å². The van der Waals surface area contributed by atoms with Crippen molar-refractivity contribution in [2.75, 3.05) is 13.7 Å². The van der Waals surface area contributed by atoms with E-state index in [4.69, 9.17) is 10.5 Å². The molecule has 1 aliphatic carbocycles. The Morgan fingerprint density at radius 2 is 2.00 bits per heavy atom. The van der Waals surface area contributed by atoms with E-state index in [1.807, 2.05) is 31.2 Å². The van der Waals surface area contributed by atoms with Crippen LogP contribution in [0.15, 0.2) is 24.3 Å². The van der Waals surface area contributed by atoms with Crippen LogP contribution < -0.4 is 5.73 Å². The van der Waals surface area contributed by atoms with Gasteiger partial charge in [-0.3, -0.25) is 4.79 Å². The third kappa shape index (κ3) is 1.95. The van der Waals surface area contributed by atoms with Crippen LogP contribution in [0, 0.1) is 12.8 Å². The predicted molar refractivity (Wildman–Crippen MR) is 66.7 cm³/mol. The maximum atomic E-state index is 12.0. The number of methoxy groups -OCH3 is 1. The average molecular weight is 233 g/mol. The zero-order valence-electron chi connectivity index (χ0n) is 10.4. The van der Waals surface area contributed by atoms with Crippen molar-refractivity contribution >= 4 is 5.97 Å². The molecule has 1 aliphatic rings. The Bertz CT molecular complexity index is 405. The molecule has 2 N–H and O–H groups in total. The Morgan fingerprint density at radius 1 is 1.41 bits per heavy atom. The number of aryl methyl sites for hydroxylation is 1. The summed E-state index contributed by atoms with van der Waals surface area (Å²) in [4.78, 5) is 12.0. The summed E-state index contributed by atoms with van der Waals surface area (Å²) in [7, 11) is 1.45. The van der Waals surface area contributed by atoms with Crippen LogP contribution in [0.25, 0.3) is 0 Å². The van der Waals surface area contributed by atoms with Crippen molar-refractivity contribution in [3.63, 3.8) is 0 Å². The zero-order chi connectivity index (χ0) is 12.5. The topological polar surface area (TPSA) is 52.3 Å². The van der Waals surface area contributed by atoms with Gasteiger partial charge in [0.25, 0.3) is 0 Å². The normalized spacial score (nSPS) is 27.4. The molecule has 1 aromatic carbocycles. The molecule has 0 bridgehead atoms. The predicted octanol–water partition coefficient (Wildman–Crippen LogP) is 1.77. The van der Waals surface area contributed by atoms with E-state index in [9.17, 15) is 4.79 Å². The maximum Gasteiger partial charge on any atom is 0.316 e. The molecule has 0 aromatic heterocycles. The summed E-state index contributed by atoms with van der Waals surface area (Å²) in [6, 6.07) is 8.13. The summed E-state index contributed by atoms with van der Waals surface area (Å²) in [5, 5.41) is 0. The van der Waals surface area contributed by atoms with Gasteiger partial charge in [0.1, 0.15) is 0 Å². The van der Waals surface area contributed by atoms with Gasteiger partial charge < -0.3 is 10.5 Å². The molecule has 0 unspecified atom stereocenters. The molecule has 3 heteroatoms. The lowest BCUT2D eigenvalue weighted by Gasteiger charge is -2.45. The molecule has 0 saturated heterocycles. The molecular formula is C14H19NO2. The number of rotatable bonds is 3. The Hall–Kier alpha value is -1.35. The number of hydrogen-bond donors (Lipinski definition) is 1. The fourth-order valence-electron chi connectivity index (χ4n) is 2.68. The Balaban J connectivity index is 2.29. The minimum absolute atomic E-state index is 0.133. The second-order valence-corrected chi connectivity index (χ2v) is 4.95. The van der Waals surface area contributed by atoms with Gasteiger partial charge in [0.05, 0.1) is 12.5 Å². The molecule has 1 saturated carbocycles. The number of benzene rings is 1. The summed E-state index contributed by atoms with van der Waals surface area (Å²) in [5.74, 6) is 0.307. The van der Waals surface area contributed by atoms with E-state index in [0.29, 0.717) is 12.5 Å². The fourth-order valence-corrected chi connectivity index (χ4v) is 2.68. The number of ether oxygens (including phenoxy) is 1. The molecule has 0 amide bonds. The molecule has 0 radical (unpaired) electrons. The number of esters is 1. The third-order valence-electron chi connectivity index (χ3n) is 3.79. The first-order valence-corrected chi connectivity index (χ1v) is 5.98. The van der Waals surface area contributed by atoms with E-state index >= 15 is 0 Å². The van der Waals surface area contributed by atoms with Gasteiger partial charge in [-0.1, -0.05) is 29.8 Å². The van der Waals surface area contributed by atoms with Crippen molar-refractivity contribution in [3.05, 3.63) is 35.4 Å². The summed E-state index contributed by atoms with van der Waals surface area (Å²) in [6.07, 6.45) is 1.61. The van der Waals surface area contributed by atoms with E-state index in [2.05, 4.69) is 0 Å². The Morgan fingerprint density at radius 3 is 2.47 bits per heavy atom. The molecule has 3 nitrogen and oxygen atoms in total. The first-order valence-electron chi connectivity index (χ1n) is 5.98. The van der Waals surface area contributed by atoms with Crippen molar-refractivity contribution in [2.24, 2.45) is 11.7 Å². The molecular weight excluding hydrogens is 214 g/mol. The van der Waals surface area contributed by atoms with Crippen LogP contribution in [0.3, 0.4) is 0 Å². The largest absolute Gasteiger partial charge is 0.468 e. The molecule has 0 heterocycles. The van der Waals surface area contributed by atoms with Crippen molar-refractivity contribution < 1.29 is 9.53 Å². The quantitative estimate of drug-likeness (QED) is 0.810. The molecule has 0 aliphatic heterocycles. The molecule has 1 fully saturated rings. The van der Waals surface area contributed by atoms with E-state index < -0.39 is 5.41 Å². The number of carbonyl (C=O) groups excluding carboxylic acids is 1. The summed E-state index contributed by atoms with van der Waals surface area (Å²) in [5.41, 5.74) is 7.45.